The molecule has 2 amide bonds. The van der Waals surface area contributed by atoms with Gasteiger partial charge in [0.25, 0.3) is 0 Å². The molecule has 0 aliphatic carbocycles. The monoisotopic (exact) mass is 357 g/mol. The van der Waals surface area contributed by atoms with Crippen molar-refractivity contribution in [3.8, 4) is 0 Å². The molecule has 2 saturated heterocycles. The van der Waals surface area contributed by atoms with E-state index >= 15 is 0 Å². The van der Waals surface area contributed by atoms with Crippen LogP contribution in [0.1, 0.15) is 64.9 Å². The van der Waals surface area contributed by atoms with Crippen molar-refractivity contribution in [2.75, 3.05) is 11.9 Å². The summed E-state index contributed by atoms with van der Waals surface area (Å²) in [6, 6.07) is 8.72. The van der Waals surface area contributed by atoms with Crippen LogP contribution in [0.15, 0.2) is 24.3 Å². The van der Waals surface area contributed by atoms with E-state index in [0.717, 1.165) is 18.7 Å². The van der Waals surface area contributed by atoms with Crippen LogP contribution in [0, 0.1) is 0 Å². The van der Waals surface area contributed by atoms with E-state index in [2.05, 4.69) is 67.5 Å². The number of anilines is 1. The normalized spacial score (nSPS) is 26.7. The number of nitrogens with zero attached hydrogens (tertiary/aromatic N) is 1. The van der Waals surface area contributed by atoms with Crippen LogP contribution in [0.4, 0.5) is 5.69 Å². The SMILES string of the molecule is CC(C)N1CCC(c2ccc(NC3CCC(=O)NC3=O)cc2)CC1(C)C. The first kappa shape index (κ1) is 18.9. The molecule has 2 heterocycles. The maximum atomic E-state index is 11.9. The van der Waals surface area contributed by atoms with Crippen LogP contribution in [0.2, 0.25) is 0 Å². The van der Waals surface area contributed by atoms with Crippen molar-refractivity contribution >= 4 is 17.5 Å². The van der Waals surface area contributed by atoms with Gasteiger partial charge < -0.3 is 5.32 Å². The molecule has 1 aromatic carbocycles. The molecule has 2 atom stereocenters. The van der Waals surface area contributed by atoms with Gasteiger partial charge in [-0.3, -0.25) is 19.8 Å². The van der Waals surface area contributed by atoms with Gasteiger partial charge in [-0.2, -0.15) is 0 Å². The summed E-state index contributed by atoms with van der Waals surface area (Å²) in [4.78, 5) is 25.7. The van der Waals surface area contributed by atoms with Crippen LogP contribution >= 0.6 is 0 Å². The lowest BCUT2D eigenvalue weighted by molar-refractivity contribution is -0.133. The third-order valence-corrected chi connectivity index (χ3v) is 5.83. The Labute approximate surface area is 156 Å². The molecule has 5 heteroatoms. The molecule has 142 valence electrons. The van der Waals surface area contributed by atoms with Crippen LogP contribution < -0.4 is 10.6 Å². The first-order valence-corrected chi connectivity index (χ1v) is 9.73. The van der Waals surface area contributed by atoms with Crippen molar-refractivity contribution in [3.05, 3.63) is 29.8 Å². The number of hydrogen-bond acceptors (Lipinski definition) is 4. The molecule has 1 aromatic rings. The van der Waals surface area contributed by atoms with Gasteiger partial charge in [-0.15, -0.1) is 0 Å². The summed E-state index contributed by atoms with van der Waals surface area (Å²) in [7, 11) is 0. The van der Waals surface area contributed by atoms with E-state index < -0.39 is 0 Å². The van der Waals surface area contributed by atoms with Crippen molar-refractivity contribution < 1.29 is 9.59 Å². The smallest absolute Gasteiger partial charge is 0.249 e. The van der Waals surface area contributed by atoms with Gasteiger partial charge in [-0.1, -0.05) is 12.1 Å². The number of nitrogens with one attached hydrogen (secondary N) is 2. The van der Waals surface area contributed by atoms with Crippen molar-refractivity contribution in [2.24, 2.45) is 0 Å². The Bertz CT molecular complexity index is 666. The van der Waals surface area contributed by atoms with Gasteiger partial charge >= 0.3 is 0 Å². The van der Waals surface area contributed by atoms with E-state index in [-0.39, 0.29) is 23.4 Å². The summed E-state index contributed by atoms with van der Waals surface area (Å²) in [5, 5.41) is 5.64. The maximum Gasteiger partial charge on any atom is 0.249 e. The standard InChI is InChI=1S/C21H31N3O2/c1-14(2)24-12-11-16(13-21(24,3)4)15-5-7-17(8-6-15)22-18-9-10-19(25)23-20(18)26/h5-8,14,16,18,22H,9-13H2,1-4H3,(H,23,25,26). The van der Waals surface area contributed by atoms with Gasteiger partial charge in [-0.25, -0.2) is 0 Å². The summed E-state index contributed by atoms with van der Waals surface area (Å²) < 4.78 is 0. The van der Waals surface area contributed by atoms with E-state index in [1.807, 2.05) is 0 Å². The molecule has 2 unspecified atom stereocenters. The lowest BCUT2D eigenvalue weighted by Crippen LogP contribution is -2.52. The summed E-state index contributed by atoms with van der Waals surface area (Å²) in [6.07, 6.45) is 3.28. The minimum absolute atomic E-state index is 0.182. The van der Waals surface area contributed by atoms with Crippen LogP contribution in [-0.4, -0.2) is 40.9 Å². The highest BCUT2D eigenvalue weighted by Crippen LogP contribution is 2.38. The third-order valence-electron chi connectivity index (χ3n) is 5.83. The minimum Gasteiger partial charge on any atom is -0.374 e. The molecule has 0 aromatic heterocycles. The van der Waals surface area contributed by atoms with Crippen molar-refractivity contribution in [1.29, 1.82) is 0 Å². The van der Waals surface area contributed by atoms with Crippen LogP contribution in [-0.2, 0) is 9.59 Å². The van der Waals surface area contributed by atoms with E-state index in [9.17, 15) is 9.59 Å². The van der Waals surface area contributed by atoms with Gasteiger partial charge in [0.05, 0.1) is 0 Å². The predicted octanol–water partition coefficient (Wildman–Crippen LogP) is 3.27. The lowest BCUT2D eigenvalue weighted by Gasteiger charge is -2.48. The summed E-state index contributed by atoms with van der Waals surface area (Å²) in [5.41, 5.74) is 2.51. The van der Waals surface area contributed by atoms with Crippen LogP contribution in [0.25, 0.3) is 0 Å². The third kappa shape index (κ3) is 4.09. The molecular weight excluding hydrogens is 326 g/mol. The fourth-order valence-corrected chi connectivity index (χ4v) is 4.55. The second kappa shape index (κ2) is 7.39. The first-order valence-electron chi connectivity index (χ1n) is 9.73. The average molecular weight is 357 g/mol. The van der Waals surface area contributed by atoms with Crippen molar-refractivity contribution in [1.82, 2.24) is 10.2 Å². The lowest BCUT2D eigenvalue weighted by atomic mass is 9.78. The Morgan fingerprint density at radius 3 is 2.42 bits per heavy atom. The fraction of sp³-hybridized carbons (Fsp3) is 0.619. The molecular formula is C21H31N3O2. The number of amides is 2. The average Bonchev–Trinajstić information content (AvgIpc) is 2.56. The number of carbonyl (C=O) groups excluding carboxylic acids is 2. The molecule has 0 saturated carbocycles. The fourth-order valence-electron chi connectivity index (χ4n) is 4.55. The minimum atomic E-state index is -0.327. The molecule has 3 rings (SSSR count). The van der Waals surface area contributed by atoms with Gasteiger partial charge in [0.15, 0.2) is 0 Å². The van der Waals surface area contributed by atoms with Gasteiger partial charge in [0.2, 0.25) is 11.8 Å². The highest BCUT2D eigenvalue weighted by Gasteiger charge is 2.36. The largest absolute Gasteiger partial charge is 0.374 e. The Hall–Kier alpha value is -1.88. The number of rotatable bonds is 4. The van der Waals surface area contributed by atoms with E-state index in [1.165, 1.54) is 12.0 Å². The van der Waals surface area contributed by atoms with Gasteiger partial charge in [0.1, 0.15) is 6.04 Å². The Balaban J connectivity index is 1.63. The molecule has 2 N–H and O–H groups in total. The Kier molecular flexibility index (Phi) is 5.37. The van der Waals surface area contributed by atoms with Crippen LogP contribution in [0.5, 0.6) is 0 Å². The Morgan fingerprint density at radius 1 is 1.15 bits per heavy atom. The quantitative estimate of drug-likeness (QED) is 0.812. The molecule has 26 heavy (non-hydrogen) atoms. The van der Waals surface area contributed by atoms with E-state index in [4.69, 9.17) is 0 Å². The number of hydrogen-bond donors (Lipinski definition) is 2. The zero-order valence-corrected chi connectivity index (χ0v) is 16.3. The van der Waals surface area contributed by atoms with Crippen LogP contribution in [0.3, 0.4) is 0 Å². The second-order valence-electron chi connectivity index (χ2n) is 8.56. The first-order chi connectivity index (χ1) is 12.3. The number of carbonyl (C=O) groups is 2. The van der Waals surface area contributed by atoms with Crippen molar-refractivity contribution in [2.45, 2.75) is 76.9 Å². The molecule has 0 spiro atoms. The van der Waals surface area contributed by atoms with Crippen molar-refractivity contribution in [3.63, 3.8) is 0 Å². The molecule has 2 aliphatic rings. The number of imide groups is 1. The maximum absolute atomic E-state index is 11.9. The highest BCUT2D eigenvalue weighted by molar-refractivity contribution is 6.01. The molecule has 0 radical (unpaired) electrons. The summed E-state index contributed by atoms with van der Waals surface area (Å²) >= 11 is 0. The predicted molar refractivity (Wildman–Crippen MR) is 104 cm³/mol. The summed E-state index contributed by atoms with van der Waals surface area (Å²) in [6.45, 7) is 10.4. The summed E-state index contributed by atoms with van der Waals surface area (Å²) in [5.74, 6) is 0.163. The molecule has 2 fully saturated rings. The Morgan fingerprint density at radius 2 is 1.85 bits per heavy atom. The zero-order chi connectivity index (χ0) is 18.9. The topological polar surface area (TPSA) is 61.4 Å². The molecule has 0 bridgehead atoms. The van der Waals surface area contributed by atoms with E-state index in [0.29, 0.717) is 24.8 Å². The van der Waals surface area contributed by atoms with Gasteiger partial charge in [-0.05, 0) is 77.1 Å². The number of likely N-dealkylation sites (tertiary alicyclic amines) is 1. The van der Waals surface area contributed by atoms with E-state index in [1.54, 1.807) is 0 Å². The molecule has 2 aliphatic heterocycles. The highest BCUT2D eigenvalue weighted by atomic mass is 16.2. The zero-order valence-electron chi connectivity index (χ0n) is 16.3. The molecule has 5 nitrogen and oxygen atoms in total. The second-order valence-corrected chi connectivity index (χ2v) is 8.56. The van der Waals surface area contributed by atoms with Gasteiger partial charge in [0, 0.05) is 23.7 Å². The number of piperidine rings is 2. The number of benzene rings is 1.